The Bertz CT molecular complexity index is 1320. The number of anilines is 1. The molecule has 10 heteroatoms. The summed E-state index contributed by atoms with van der Waals surface area (Å²) >= 11 is 3.27. The molecule has 31 heavy (non-hydrogen) atoms. The van der Waals surface area contributed by atoms with Crippen LogP contribution in [0.4, 0.5) is 5.13 Å². The van der Waals surface area contributed by atoms with E-state index >= 15 is 0 Å². The summed E-state index contributed by atoms with van der Waals surface area (Å²) in [6.45, 7) is 3.31. The molecule has 8 nitrogen and oxygen atoms in total. The van der Waals surface area contributed by atoms with E-state index in [9.17, 15) is 0 Å². The number of aromatic nitrogens is 6. The van der Waals surface area contributed by atoms with E-state index in [4.69, 9.17) is 15.0 Å². The van der Waals surface area contributed by atoms with Crippen LogP contribution in [-0.2, 0) is 0 Å². The van der Waals surface area contributed by atoms with Gasteiger partial charge in [0.15, 0.2) is 14.8 Å². The van der Waals surface area contributed by atoms with E-state index in [1.165, 1.54) is 0 Å². The minimum atomic E-state index is 0.520. The molecule has 158 valence electrons. The number of nitrogens with one attached hydrogen (secondary N) is 2. The fraction of sp³-hybridized carbons (Fsp3) is 0.333. The first kappa shape index (κ1) is 18.9. The van der Waals surface area contributed by atoms with Gasteiger partial charge >= 0.3 is 0 Å². The van der Waals surface area contributed by atoms with Crippen molar-refractivity contribution in [3.05, 3.63) is 37.2 Å². The number of hydrogen-bond donors (Lipinski definition) is 2. The van der Waals surface area contributed by atoms with Crippen molar-refractivity contribution < 1.29 is 0 Å². The van der Waals surface area contributed by atoms with Crippen LogP contribution in [0.25, 0.3) is 37.0 Å². The summed E-state index contributed by atoms with van der Waals surface area (Å²) in [5, 5.41) is 6.56. The SMILES string of the molecule is C[C@H]1CC(N(C)c2nc3sc(-c4ncc(-n5ccnc5)c5cc[nH]c45)nc3s2)CCN1. The fourth-order valence-electron chi connectivity index (χ4n) is 4.31. The van der Waals surface area contributed by atoms with Crippen LogP contribution in [0.15, 0.2) is 37.2 Å². The first-order valence-electron chi connectivity index (χ1n) is 10.4. The van der Waals surface area contributed by atoms with Crippen LogP contribution in [0.5, 0.6) is 0 Å². The second-order valence-electron chi connectivity index (χ2n) is 8.00. The van der Waals surface area contributed by atoms with Crippen molar-refractivity contribution in [3.63, 3.8) is 0 Å². The molecule has 0 saturated carbocycles. The average Bonchev–Trinajstić information content (AvgIpc) is 3.56. The second kappa shape index (κ2) is 7.40. The first-order valence-corrected chi connectivity index (χ1v) is 12.0. The number of thiazole rings is 2. The van der Waals surface area contributed by atoms with Crippen LogP contribution in [0.3, 0.4) is 0 Å². The predicted molar refractivity (Wildman–Crippen MR) is 126 cm³/mol. The van der Waals surface area contributed by atoms with Gasteiger partial charge in [0, 0.05) is 43.1 Å². The van der Waals surface area contributed by atoms with Gasteiger partial charge in [-0.1, -0.05) is 22.7 Å². The highest BCUT2D eigenvalue weighted by Crippen LogP contribution is 2.38. The van der Waals surface area contributed by atoms with Gasteiger partial charge < -0.3 is 19.8 Å². The number of H-pyrrole nitrogens is 1. The van der Waals surface area contributed by atoms with Gasteiger partial charge in [-0.2, -0.15) is 0 Å². The van der Waals surface area contributed by atoms with Gasteiger partial charge in [-0.3, -0.25) is 0 Å². The third-order valence-corrected chi connectivity index (χ3v) is 8.10. The Labute approximate surface area is 187 Å². The van der Waals surface area contributed by atoms with E-state index in [0.717, 1.165) is 61.5 Å². The monoisotopic (exact) mass is 450 g/mol. The van der Waals surface area contributed by atoms with Crippen LogP contribution in [0.1, 0.15) is 19.8 Å². The van der Waals surface area contributed by atoms with Crippen LogP contribution in [0.2, 0.25) is 0 Å². The van der Waals surface area contributed by atoms with Crippen molar-refractivity contribution in [2.45, 2.75) is 31.8 Å². The highest BCUT2D eigenvalue weighted by molar-refractivity contribution is 7.29. The molecule has 0 spiro atoms. The van der Waals surface area contributed by atoms with E-state index in [2.05, 4.69) is 40.2 Å². The molecule has 1 fully saturated rings. The molecule has 0 amide bonds. The van der Waals surface area contributed by atoms with E-state index in [1.54, 1.807) is 35.2 Å². The maximum Gasteiger partial charge on any atom is 0.188 e. The highest BCUT2D eigenvalue weighted by Gasteiger charge is 2.25. The molecule has 1 saturated heterocycles. The first-order chi connectivity index (χ1) is 15.2. The molecule has 6 heterocycles. The van der Waals surface area contributed by atoms with Gasteiger partial charge in [0.05, 0.1) is 23.7 Å². The highest BCUT2D eigenvalue weighted by atomic mass is 32.1. The lowest BCUT2D eigenvalue weighted by molar-refractivity contribution is 0.371. The van der Waals surface area contributed by atoms with Gasteiger partial charge in [-0.15, -0.1) is 0 Å². The summed E-state index contributed by atoms with van der Waals surface area (Å²) in [4.78, 5) is 26.3. The van der Waals surface area contributed by atoms with Crippen molar-refractivity contribution >= 4 is 48.4 Å². The van der Waals surface area contributed by atoms with Gasteiger partial charge in [0.2, 0.25) is 0 Å². The number of pyridine rings is 1. The van der Waals surface area contributed by atoms with Crippen LogP contribution in [0, 0.1) is 0 Å². The summed E-state index contributed by atoms with van der Waals surface area (Å²) < 4.78 is 1.97. The number of imidazole rings is 1. The third kappa shape index (κ3) is 3.22. The standard InChI is InChI=1S/C21H22N8S2/c1-12-9-13(3-5-23-12)28(2)21-27-20-19(31-21)26-18(30-20)17-16-14(4-6-24-16)15(10-25-17)29-8-7-22-11-29/h4,6-8,10-13,23-24H,3,5,9H2,1-2H3/t12-,13?/m0/s1. The smallest absolute Gasteiger partial charge is 0.188 e. The molecule has 5 aromatic heterocycles. The number of piperidine rings is 1. The molecule has 1 aliphatic heterocycles. The van der Waals surface area contributed by atoms with Crippen molar-refractivity contribution in [1.82, 2.24) is 34.8 Å². The van der Waals surface area contributed by atoms with E-state index in [0.29, 0.717) is 12.1 Å². The predicted octanol–water partition coefficient (Wildman–Crippen LogP) is 4.06. The molecule has 0 radical (unpaired) electrons. The number of aromatic amines is 1. The van der Waals surface area contributed by atoms with Gasteiger partial charge in [-0.05, 0) is 32.4 Å². The Morgan fingerprint density at radius 1 is 1.23 bits per heavy atom. The lowest BCUT2D eigenvalue weighted by Crippen LogP contribution is -2.45. The Morgan fingerprint density at radius 3 is 2.94 bits per heavy atom. The number of rotatable bonds is 4. The molecule has 0 bridgehead atoms. The van der Waals surface area contributed by atoms with Crippen LogP contribution >= 0.6 is 22.7 Å². The molecule has 0 aliphatic carbocycles. The Morgan fingerprint density at radius 2 is 2.13 bits per heavy atom. The summed E-state index contributed by atoms with van der Waals surface area (Å²) in [6, 6.07) is 3.13. The molecule has 6 rings (SSSR count). The minimum absolute atomic E-state index is 0.520. The molecule has 2 N–H and O–H groups in total. The molecule has 1 unspecified atom stereocenters. The normalized spacial score (nSPS) is 19.4. The Hall–Kier alpha value is -2.82. The number of hydrogen-bond acceptors (Lipinski definition) is 8. The van der Waals surface area contributed by atoms with Gasteiger partial charge in [-0.25, -0.2) is 19.9 Å². The molecule has 5 aromatic rings. The zero-order valence-corrected chi connectivity index (χ0v) is 18.9. The minimum Gasteiger partial charge on any atom is -0.359 e. The zero-order chi connectivity index (χ0) is 20.9. The number of fused-ring (bicyclic) bond motifs is 2. The second-order valence-corrected chi connectivity index (χ2v) is 9.93. The van der Waals surface area contributed by atoms with E-state index in [1.807, 2.05) is 23.2 Å². The lowest BCUT2D eigenvalue weighted by atomic mass is 10.00. The van der Waals surface area contributed by atoms with Crippen LogP contribution in [-0.4, -0.2) is 55.2 Å². The van der Waals surface area contributed by atoms with Gasteiger partial charge in [0.25, 0.3) is 0 Å². The molecular weight excluding hydrogens is 428 g/mol. The Kier molecular flexibility index (Phi) is 4.51. The van der Waals surface area contributed by atoms with Crippen molar-refractivity contribution in [3.8, 4) is 16.4 Å². The Balaban J connectivity index is 1.34. The van der Waals surface area contributed by atoms with E-state index in [-0.39, 0.29) is 0 Å². The lowest BCUT2D eigenvalue weighted by Gasteiger charge is -2.34. The number of nitrogens with zero attached hydrogens (tertiary/aromatic N) is 6. The van der Waals surface area contributed by atoms with E-state index < -0.39 is 0 Å². The van der Waals surface area contributed by atoms with Crippen molar-refractivity contribution in [2.75, 3.05) is 18.5 Å². The maximum atomic E-state index is 4.91. The maximum absolute atomic E-state index is 4.91. The molecule has 0 aromatic carbocycles. The largest absolute Gasteiger partial charge is 0.359 e. The topological polar surface area (TPSA) is 87.6 Å². The third-order valence-electron chi connectivity index (χ3n) is 5.97. The van der Waals surface area contributed by atoms with Crippen LogP contribution < -0.4 is 10.2 Å². The van der Waals surface area contributed by atoms with Crippen molar-refractivity contribution in [1.29, 1.82) is 0 Å². The zero-order valence-electron chi connectivity index (χ0n) is 17.2. The average molecular weight is 451 g/mol. The summed E-state index contributed by atoms with van der Waals surface area (Å²) in [5.74, 6) is 0. The molecular formula is C21H22N8S2. The summed E-state index contributed by atoms with van der Waals surface area (Å²) in [5.41, 5.74) is 2.84. The summed E-state index contributed by atoms with van der Waals surface area (Å²) in [6.07, 6.45) is 11.6. The quantitative estimate of drug-likeness (QED) is 0.429. The van der Waals surface area contributed by atoms with Gasteiger partial charge in [0.1, 0.15) is 10.7 Å². The van der Waals surface area contributed by atoms with Crippen molar-refractivity contribution in [2.24, 2.45) is 0 Å². The fourth-order valence-corrected chi connectivity index (χ4v) is 6.38. The molecule has 2 atom stereocenters. The molecule has 1 aliphatic rings. The summed E-state index contributed by atoms with van der Waals surface area (Å²) in [7, 11) is 2.16.